The summed E-state index contributed by atoms with van der Waals surface area (Å²) in [7, 11) is 0. The molecule has 2 heterocycles. The van der Waals surface area contributed by atoms with Crippen molar-refractivity contribution in [2.75, 3.05) is 13.1 Å². The van der Waals surface area contributed by atoms with Crippen LogP contribution >= 0.6 is 0 Å². The van der Waals surface area contributed by atoms with Crippen molar-refractivity contribution in [1.82, 2.24) is 15.2 Å². The molecular weight excluding hydrogens is 258 g/mol. The first-order chi connectivity index (χ1) is 9.47. The molecule has 2 amide bonds. The molecule has 0 bridgehead atoms. The average molecular weight is 277 g/mol. The van der Waals surface area contributed by atoms with E-state index in [0.29, 0.717) is 18.7 Å². The van der Waals surface area contributed by atoms with Crippen LogP contribution in [0.3, 0.4) is 0 Å². The van der Waals surface area contributed by atoms with E-state index < -0.39 is 11.5 Å². The number of rotatable bonds is 4. The molecule has 2 N–H and O–H groups in total. The fourth-order valence-electron chi connectivity index (χ4n) is 2.33. The van der Waals surface area contributed by atoms with E-state index in [-0.39, 0.29) is 17.5 Å². The Kier molecular flexibility index (Phi) is 4.22. The number of nitrogens with one attached hydrogen (secondary N) is 2. The molecule has 0 spiro atoms. The Hall–Kier alpha value is -2.11. The Bertz CT molecular complexity index is 579. The summed E-state index contributed by atoms with van der Waals surface area (Å²) in [6.45, 7) is 4.80. The number of nitrogens with zero attached hydrogens (tertiary/aromatic N) is 1. The molecule has 1 aromatic heterocycles. The van der Waals surface area contributed by atoms with E-state index in [1.165, 1.54) is 6.07 Å². The minimum Gasteiger partial charge on any atom is -0.348 e. The van der Waals surface area contributed by atoms with E-state index in [2.05, 4.69) is 10.3 Å². The molecule has 0 radical (unpaired) electrons. The third-order valence-electron chi connectivity index (χ3n) is 3.34. The highest BCUT2D eigenvalue weighted by Crippen LogP contribution is 2.09. The van der Waals surface area contributed by atoms with Gasteiger partial charge in [0.1, 0.15) is 5.56 Å². The molecular formula is C14H19N3O3. The van der Waals surface area contributed by atoms with Gasteiger partial charge >= 0.3 is 0 Å². The molecule has 0 aliphatic carbocycles. The molecule has 1 aliphatic rings. The van der Waals surface area contributed by atoms with Crippen LogP contribution in [-0.4, -0.2) is 40.8 Å². The lowest BCUT2D eigenvalue weighted by molar-refractivity contribution is -0.127. The average Bonchev–Trinajstić information content (AvgIpc) is 2.74. The van der Waals surface area contributed by atoms with Gasteiger partial charge in [0.05, 0.1) is 0 Å². The van der Waals surface area contributed by atoms with Crippen LogP contribution in [0.25, 0.3) is 0 Å². The largest absolute Gasteiger partial charge is 0.348 e. The summed E-state index contributed by atoms with van der Waals surface area (Å²) in [5.41, 5.74) is 0.407. The quantitative estimate of drug-likeness (QED) is 0.837. The molecule has 1 atom stereocenters. The molecule has 0 unspecified atom stereocenters. The number of carbonyl (C=O) groups is 2. The van der Waals surface area contributed by atoms with E-state index >= 15 is 0 Å². The number of aromatic nitrogens is 1. The van der Waals surface area contributed by atoms with Crippen LogP contribution < -0.4 is 10.9 Å². The van der Waals surface area contributed by atoms with Gasteiger partial charge in [-0.2, -0.15) is 0 Å². The van der Waals surface area contributed by atoms with Crippen molar-refractivity contribution in [1.29, 1.82) is 0 Å². The zero-order valence-electron chi connectivity index (χ0n) is 11.7. The fraction of sp³-hybridized carbons (Fsp3) is 0.500. The maximum Gasteiger partial charge on any atom is 0.260 e. The van der Waals surface area contributed by atoms with Gasteiger partial charge in [-0.05, 0) is 32.4 Å². The van der Waals surface area contributed by atoms with Gasteiger partial charge in [0.2, 0.25) is 5.91 Å². The number of carbonyl (C=O) groups excluding carboxylic acids is 2. The monoisotopic (exact) mass is 277 g/mol. The first-order valence-electron chi connectivity index (χ1n) is 6.76. The second-order valence-corrected chi connectivity index (χ2v) is 5.20. The van der Waals surface area contributed by atoms with Crippen molar-refractivity contribution in [3.8, 4) is 0 Å². The van der Waals surface area contributed by atoms with Crippen LogP contribution in [-0.2, 0) is 4.79 Å². The van der Waals surface area contributed by atoms with E-state index in [9.17, 15) is 14.4 Å². The fourth-order valence-corrected chi connectivity index (χ4v) is 2.33. The van der Waals surface area contributed by atoms with Crippen molar-refractivity contribution in [2.24, 2.45) is 0 Å². The highest BCUT2D eigenvalue weighted by Gasteiger charge is 2.22. The molecule has 1 aliphatic heterocycles. The standard InChI is InChI=1S/C14H19N3O3/c1-9-5-6-11(13(19)15-9)14(20)16-10(2)8-17-7-3-4-12(17)18/h5-6,10H,3-4,7-8H2,1-2H3,(H,15,19)(H,16,20)/t10-/m1/s1. The lowest BCUT2D eigenvalue weighted by atomic mass is 10.2. The van der Waals surface area contributed by atoms with Crippen LogP contribution in [0.15, 0.2) is 16.9 Å². The van der Waals surface area contributed by atoms with Crippen molar-refractivity contribution in [3.63, 3.8) is 0 Å². The van der Waals surface area contributed by atoms with Gasteiger partial charge in [0, 0.05) is 31.2 Å². The molecule has 2 rings (SSSR count). The second kappa shape index (κ2) is 5.90. The predicted molar refractivity (Wildman–Crippen MR) is 74.5 cm³/mol. The number of amides is 2. The zero-order valence-corrected chi connectivity index (χ0v) is 11.7. The Morgan fingerprint density at radius 1 is 1.45 bits per heavy atom. The van der Waals surface area contributed by atoms with Crippen LogP contribution in [0.4, 0.5) is 0 Å². The summed E-state index contributed by atoms with van der Waals surface area (Å²) in [6.07, 6.45) is 1.45. The maximum atomic E-state index is 12.0. The summed E-state index contributed by atoms with van der Waals surface area (Å²) in [4.78, 5) is 39.5. The summed E-state index contributed by atoms with van der Waals surface area (Å²) in [5.74, 6) is -0.287. The normalized spacial score (nSPS) is 16.3. The van der Waals surface area contributed by atoms with Gasteiger partial charge < -0.3 is 15.2 Å². The molecule has 20 heavy (non-hydrogen) atoms. The van der Waals surface area contributed by atoms with E-state index in [1.807, 2.05) is 6.92 Å². The van der Waals surface area contributed by atoms with E-state index in [1.54, 1.807) is 17.9 Å². The number of hydrogen-bond donors (Lipinski definition) is 2. The molecule has 6 heteroatoms. The van der Waals surface area contributed by atoms with Gasteiger partial charge in [-0.3, -0.25) is 14.4 Å². The van der Waals surface area contributed by atoms with Crippen LogP contribution in [0.1, 0.15) is 35.8 Å². The second-order valence-electron chi connectivity index (χ2n) is 5.20. The highest BCUT2D eigenvalue weighted by atomic mass is 16.2. The lowest BCUT2D eigenvalue weighted by Crippen LogP contribution is -2.43. The van der Waals surface area contributed by atoms with Crippen LogP contribution in [0.5, 0.6) is 0 Å². The zero-order chi connectivity index (χ0) is 14.7. The van der Waals surface area contributed by atoms with Crippen LogP contribution in [0.2, 0.25) is 0 Å². The molecule has 6 nitrogen and oxygen atoms in total. The number of pyridine rings is 1. The number of H-pyrrole nitrogens is 1. The molecule has 1 aromatic rings. The third-order valence-corrected chi connectivity index (χ3v) is 3.34. The Balaban J connectivity index is 1.96. The van der Waals surface area contributed by atoms with E-state index in [0.717, 1.165) is 13.0 Å². The summed E-state index contributed by atoms with van der Waals surface area (Å²) < 4.78 is 0. The Morgan fingerprint density at radius 3 is 2.80 bits per heavy atom. The smallest absolute Gasteiger partial charge is 0.260 e. The molecule has 108 valence electrons. The maximum absolute atomic E-state index is 12.0. The molecule has 1 saturated heterocycles. The number of likely N-dealkylation sites (tertiary alicyclic amines) is 1. The highest BCUT2D eigenvalue weighted by molar-refractivity contribution is 5.94. The SMILES string of the molecule is Cc1ccc(C(=O)N[C@H](C)CN2CCCC2=O)c(=O)[nH]1. The first kappa shape index (κ1) is 14.3. The lowest BCUT2D eigenvalue weighted by Gasteiger charge is -2.21. The van der Waals surface area contributed by atoms with Gasteiger partial charge in [-0.25, -0.2) is 0 Å². The summed E-state index contributed by atoms with van der Waals surface area (Å²) >= 11 is 0. The van der Waals surface area contributed by atoms with E-state index in [4.69, 9.17) is 0 Å². The Morgan fingerprint density at radius 2 is 2.20 bits per heavy atom. The molecule has 0 saturated carbocycles. The van der Waals surface area contributed by atoms with Crippen LogP contribution in [0, 0.1) is 6.92 Å². The van der Waals surface area contributed by atoms with Crippen molar-refractivity contribution in [2.45, 2.75) is 32.7 Å². The van der Waals surface area contributed by atoms with Gasteiger partial charge in [-0.1, -0.05) is 0 Å². The third kappa shape index (κ3) is 3.26. The van der Waals surface area contributed by atoms with Crippen molar-refractivity contribution < 1.29 is 9.59 Å². The Labute approximate surface area is 117 Å². The topological polar surface area (TPSA) is 82.3 Å². The minimum atomic E-state index is -0.412. The number of aryl methyl sites for hydroxylation is 1. The summed E-state index contributed by atoms with van der Waals surface area (Å²) in [6, 6.07) is 3.01. The molecule has 1 fully saturated rings. The van der Waals surface area contributed by atoms with Gasteiger partial charge in [0.25, 0.3) is 11.5 Å². The summed E-state index contributed by atoms with van der Waals surface area (Å²) in [5, 5.41) is 2.75. The first-order valence-corrected chi connectivity index (χ1v) is 6.76. The van der Waals surface area contributed by atoms with Crippen molar-refractivity contribution >= 4 is 11.8 Å². The minimum absolute atomic E-state index is 0.0928. The predicted octanol–water partition coefficient (Wildman–Crippen LogP) is 0.424. The molecule has 0 aromatic carbocycles. The van der Waals surface area contributed by atoms with Gasteiger partial charge in [-0.15, -0.1) is 0 Å². The van der Waals surface area contributed by atoms with Gasteiger partial charge in [0.15, 0.2) is 0 Å². The number of hydrogen-bond acceptors (Lipinski definition) is 3. The number of aromatic amines is 1. The van der Waals surface area contributed by atoms with Crippen molar-refractivity contribution in [3.05, 3.63) is 33.7 Å².